The van der Waals surface area contributed by atoms with Crippen LogP contribution in [0, 0.1) is 0 Å². The maximum atomic E-state index is 11.9. The largest absolute Gasteiger partial charge is 0.359 e. The van der Waals surface area contributed by atoms with Gasteiger partial charge in [0.15, 0.2) is 11.2 Å². The molecular formula is C10H15N5O2. The molecule has 0 fully saturated rings. The van der Waals surface area contributed by atoms with Crippen LogP contribution in [0.25, 0.3) is 11.2 Å². The van der Waals surface area contributed by atoms with E-state index >= 15 is 0 Å². The highest BCUT2D eigenvalue weighted by atomic mass is 16.2. The van der Waals surface area contributed by atoms with E-state index in [4.69, 9.17) is 0 Å². The highest BCUT2D eigenvalue weighted by Gasteiger charge is 2.14. The van der Waals surface area contributed by atoms with E-state index in [0.717, 1.165) is 11.0 Å². The number of nitrogens with one attached hydrogen (secondary N) is 2. The van der Waals surface area contributed by atoms with Gasteiger partial charge in [-0.15, -0.1) is 0 Å². The van der Waals surface area contributed by atoms with Gasteiger partial charge >= 0.3 is 5.69 Å². The third kappa shape index (κ3) is 1.63. The zero-order valence-electron chi connectivity index (χ0n) is 10.1. The Kier molecular flexibility index (Phi) is 2.74. The van der Waals surface area contributed by atoms with Gasteiger partial charge in [-0.1, -0.05) is 6.92 Å². The van der Waals surface area contributed by atoms with Crippen molar-refractivity contribution in [3.63, 3.8) is 0 Å². The van der Waals surface area contributed by atoms with Crippen molar-refractivity contribution in [3.8, 4) is 0 Å². The highest BCUT2D eigenvalue weighted by Crippen LogP contribution is 2.08. The summed E-state index contributed by atoms with van der Waals surface area (Å²) < 4.78 is 2.60. The summed E-state index contributed by atoms with van der Waals surface area (Å²) in [4.78, 5) is 30.9. The molecular weight excluding hydrogens is 222 g/mol. The SMILES string of the molecule is CCCn1c(=O)n(C)c(=O)c2[nH]c(NC)nc21. The minimum Gasteiger partial charge on any atom is -0.359 e. The van der Waals surface area contributed by atoms with Gasteiger partial charge < -0.3 is 10.3 Å². The predicted molar refractivity (Wildman–Crippen MR) is 65.4 cm³/mol. The number of hydrogen-bond acceptors (Lipinski definition) is 4. The van der Waals surface area contributed by atoms with Crippen LogP contribution in [0.3, 0.4) is 0 Å². The van der Waals surface area contributed by atoms with E-state index in [-0.39, 0.29) is 11.2 Å². The monoisotopic (exact) mass is 237 g/mol. The number of aromatic nitrogens is 4. The minimum absolute atomic E-state index is 0.335. The number of imidazole rings is 1. The molecule has 0 saturated carbocycles. The Labute approximate surface area is 97.1 Å². The molecule has 0 bridgehead atoms. The van der Waals surface area contributed by atoms with Crippen LogP contribution >= 0.6 is 0 Å². The smallest absolute Gasteiger partial charge is 0.332 e. The third-order valence-electron chi connectivity index (χ3n) is 2.66. The van der Waals surface area contributed by atoms with Crippen molar-refractivity contribution in [1.29, 1.82) is 0 Å². The second-order valence-corrected chi connectivity index (χ2v) is 3.83. The molecule has 17 heavy (non-hydrogen) atoms. The van der Waals surface area contributed by atoms with E-state index < -0.39 is 0 Å². The molecule has 0 aliphatic carbocycles. The first-order valence-electron chi connectivity index (χ1n) is 5.47. The fourth-order valence-electron chi connectivity index (χ4n) is 1.78. The summed E-state index contributed by atoms with van der Waals surface area (Å²) in [5, 5.41) is 2.82. The van der Waals surface area contributed by atoms with Gasteiger partial charge in [-0.25, -0.2) is 4.79 Å². The van der Waals surface area contributed by atoms with Crippen LogP contribution < -0.4 is 16.6 Å². The van der Waals surface area contributed by atoms with Crippen molar-refractivity contribution in [3.05, 3.63) is 20.8 Å². The van der Waals surface area contributed by atoms with Gasteiger partial charge in [0.2, 0.25) is 5.95 Å². The third-order valence-corrected chi connectivity index (χ3v) is 2.66. The number of fused-ring (bicyclic) bond motifs is 1. The molecule has 2 aromatic rings. The molecule has 92 valence electrons. The van der Waals surface area contributed by atoms with Crippen molar-refractivity contribution >= 4 is 17.1 Å². The van der Waals surface area contributed by atoms with Gasteiger partial charge in [-0.2, -0.15) is 4.98 Å². The van der Waals surface area contributed by atoms with E-state index in [1.165, 1.54) is 11.6 Å². The van der Waals surface area contributed by atoms with Gasteiger partial charge in [0.05, 0.1) is 0 Å². The number of hydrogen-bond donors (Lipinski definition) is 2. The molecule has 7 heteroatoms. The molecule has 0 amide bonds. The minimum atomic E-state index is -0.355. The van der Waals surface area contributed by atoms with Crippen molar-refractivity contribution in [2.75, 3.05) is 12.4 Å². The molecule has 0 unspecified atom stereocenters. The maximum Gasteiger partial charge on any atom is 0.332 e. The quantitative estimate of drug-likeness (QED) is 0.779. The molecule has 0 radical (unpaired) electrons. The summed E-state index contributed by atoms with van der Waals surface area (Å²) in [7, 11) is 3.17. The zero-order chi connectivity index (χ0) is 12.6. The van der Waals surface area contributed by atoms with Gasteiger partial charge in [-0.05, 0) is 6.42 Å². The van der Waals surface area contributed by atoms with E-state index in [1.54, 1.807) is 7.05 Å². The molecule has 0 atom stereocenters. The van der Waals surface area contributed by atoms with Crippen LogP contribution in [0.2, 0.25) is 0 Å². The lowest BCUT2D eigenvalue weighted by atomic mass is 10.4. The number of H-pyrrole nitrogens is 1. The molecule has 0 aliphatic rings. The van der Waals surface area contributed by atoms with Gasteiger partial charge in [0.1, 0.15) is 0 Å². The maximum absolute atomic E-state index is 11.9. The Morgan fingerprint density at radius 2 is 2.12 bits per heavy atom. The Bertz CT molecular complexity index is 664. The normalized spacial score (nSPS) is 11.0. The van der Waals surface area contributed by atoms with Crippen molar-refractivity contribution in [2.45, 2.75) is 19.9 Å². The van der Waals surface area contributed by atoms with E-state index in [2.05, 4.69) is 15.3 Å². The number of rotatable bonds is 3. The van der Waals surface area contributed by atoms with Crippen LogP contribution in [0.15, 0.2) is 9.59 Å². The standard InChI is InChI=1S/C10H15N5O2/c1-4-5-15-7-6(12-9(11-2)13-7)8(16)14(3)10(15)17/h4-5H2,1-3H3,(H2,11,12,13). The molecule has 0 spiro atoms. The fourth-order valence-corrected chi connectivity index (χ4v) is 1.78. The van der Waals surface area contributed by atoms with Crippen LogP contribution in [-0.2, 0) is 13.6 Å². The van der Waals surface area contributed by atoms with Crippen molar-refractivity contribution in [1.82, 2.24) is 19.1 Å². The summed E-state index contributed by atoms with van der Waals surface area (Å²) in [5.41, 5.74) is 0.0686. The first-order valence-corrected chi connectivity index (χ1v) is 5.47. The molecule has 7 nitrogen and oxygen atoms in total. The van der Waals surface area contributed by atoms with Crippen LogP contribution in [0.5, 0.6) is 0 Å². The van der Waals surface area contributed by atoms with Gasteiger partial charge in [0, 0.05) is 20.6 Å². The van der Waals surface area contributed by atoms with E-state index in [0.29, 0.717) is 23.7 Å². The zero-order valence-corrected chi connectivity index (χ0v) is 10.1. The van der Waals surface area contributed by atoms with Crippen LogP contribution in [0.4, 0.5) is 5.95 Å². The van der Waals surface area contributed by atoms with Crippen molar-refractivity contribution in [2.24, 2.45) is 7.05 Å². The number of anilines is 1. The summed E-state index contributed by atoms with van der Waals surface area (Å²) >= 11 is 0. The molecule has 2 heterocycles. The molecule has 2 N–H and O–H groups in total. The topological polar surface area (TPSA) is 84.7 Å². The average molecular weight is 237 g/mol. The number of aromatic amines is 1. The summed E-state index contributed by atoms with van der Waals surface area (Å²) in [6.07, 6.45) is 0.801. The molecule has 2 aromatic heterocycles. The second-order valence-electron chi connectivity index (χ2n) is 3.83. The Morgan fingerprint density at radius 1 is 1.41 bits per heavy atom. The van der Waals surface area contributed by atoms with Crippen LogP contribution in [0.1, 0.15) is 13.3 Å². The number of nitrogens with zero attached hydrogens (tertiary/aromatic N) is 3. The average Bonchev–Trinajstić information content (AvgIpc) is 2.76. The highest BCUT2D eigenvalue weighted by molar-refractivity contribution is 5.72. The Balaban J connectivity index is 2.91. The first kappa shape index (κ1) is 11.4. The summed E-state index contributed by atoms with van der Waals surface area (Å²) in [5.74, 6) is 0.479. The van der Waals surface area contributed by atoms with Gasteiger partial charge in [-0.3, -0.25) is 13.9 Å². The number of aryl methyl sites for hydroxylation is 1. The lowest BCUT2D eigenvalue weighted by Gasteiger charge is -2.06. The second kappa shape index (κ2) is 4.08. The summed E-state index contributed by atoms with van der Waals surface area (Å²) in [6, 6.07) is 0. The predicted octanol–water partition coefficient (Wildman–Crippen LogP) is -0.125. The first-order chi connectivity index (χ1) is 8.10. The van der Waals surface area contributed by atoms with Crippen LogP contribution in [-0.4, -0.2) is 26.1 Å². The van der Waals surface area contributed by atoms with Crippen molar-refractivity contribution < 1.29 is 0 Å². The van der Waals surface area contributed by atoms with Gasteiger partial charge in [0.25, 0.3) is 5.56 Å². The van der Waals surface area contributed by atoms with E-state index in [9.17, 15) is 9.59 Å². The lowest BCUT2D eigenvalue weighted by Crippen LogP contribution is -2.38. The molecule has 0 aromatic carbocycles. The molecule has 0 aliphatic heterocycles. The summed E-state index contributed by atoms with van der Waals surface area (Å²) in [6.45, 7) is 2.51. The molecule has 0 saturated heterocycles. The Morgan fingerprint density at radius 3 is 2.71 bits per heavy atom. The lowest BCUT2D eigenvalue weighted by molar-refractivity contribution is 0.611. The Hall–Kier alpha value is -2.05. The van der Waals surface area contributed by atoms with E-state index in [1.807, 2.05) is 6.92 Å². The fraction of sp³-hybridized carbons (Fsp3) is 0.500. The molecule has 2 rings (SSSR count).